The molecule has 5 heteroatoms. The van der Waals surface area contributed by atoms with Gasteiger partial charge in [-0.1, -0.05) is 36.4 Å². The first-order chi connectivity index (χ1) is 12.1. The van der Waals surface area contributed by atoms with Gasteiger partial charge in [-0.2, -0.15) is 0 Å². The first-order valence-electron chi connectivity index (χ1n) is 8.97. The Morgan fingerprint density at radius 1 is 0.760 bits per heavy atom. The van der Waals surface area contributed by atoms with E-state index in [0.717, 1.165) is 32.2 Å². The zero-order valence-corrected chi connectivity index (χ0v) is 15.2. The summed E-state index contributed by atoms with van der Waals surface area (Å²) in [6, 6.07) is 18.9. The summed E-state index contributed by atoms with van der Waals surface area (Å²) in [6.45, 7) is 1.53. The Labute approximate surface area is 150 Å². The van der Waals surface area contributed by atoms with Gasteiger partial charge >= 0.3 is 0 Å². The smallest absolute Gasteiger partial charge is 0.240 e. The number of hydrogen-bond acceptors (Lipinski definition) is 3. The third-order valence-electron chi connectivity index (χ3n) is 4.95. The topological polar surface area (TPSA) is 58.2 Å². The minimum Gasteiger partial charge on any atom is -0.385 e. The number of anilines is 1. The average Bonchev–Trinajstić information content (AvgIpc) is 2.67. The Morgan fingerprint density at radius 2 is 1.28 bits per heavy atom. The standard InChI is InChI=1S/C20H26N2O2S/c23-25(24,20-9-5-2-6-10-20)22-16-18-13-11-17(12-14-18)15-21-19-7-3-1-4-8-19/h1-10,17-18,21-22H,11-16H2. The van der Waals surface area contributed by atoms with E-state index < -0.39 is 10.0 Å². The Hall–Kier alpha value is -1.85. The van der Waals surface area contributed by atoms with Gasteiger partial charge in [0.2, 0.25) is 10.0 Å². The van der Waals surface area contributed by atoms with Crippen LogP contribution in [0.15, 0.2) is 65.6 Å². The third kappa shape index (κ3) is 5.31. The number of para-hydroxylation sites is 1. The Kier molecular flexibility index (Phi) is 6.10. The molecule has 0 unspecified atom stereocenters. The molecule has 25 heavy (non-hydrogen) atoms. The molecule has 0 heterocycles. The van der Waals surface area contributed by atoms with Crippen LogP contribution in [0.5, 0.6) is 0 Å². The lowest BCUT2D eigenvalue weighted by atomic mass is 9.82. The molecule has 1 saturated carbocycles. The van der Waals surface area contributed by atoms with Crippen molar-refractivity contribution in [3.8, 4) is 0 Å². The van der Waals surface area contributed by atoms with E-state index in [1.165, 1.54) is 5.69 Å². The van der Waals surface area contributed by atoms with Crippen molar-refractivity contribution in [1.82, 2.24) is 4.72 Å². The number of nitrogens with one attached hydrogen (secondary N) is 2. The molecule has 134 valence electrons. The largest absolute Gasteiger partial charge is 0.385 e. The summed E-state index contributed by atoms with van der Waals surface area (Å²) < 4.78 is 27.3. The van der Waals surface area contributed by atoms with Gasteiger partial charge in [0.1, 0.15) is 0 Å². The first kappa shape index (κ1) is 18.0. The lowest BCUT2D eigenvalue weighted by molar-refractivity contribution is 0.284. The predicted molar refractivity (Wildman–Crippen MR) is 102 cm³/mol. The molecule has 0 bridgehead atoms. The van der Waals surface area contributed by atoms with Crippen LogP contribution < -0.4 is 10.0 Å². The van der Waals surface area contributed by atoms with Crippen LogP contribution in [0.4, 0.5) is 5.69 Å². The second-order valence-corrected chi connectivity index (χ2v) is 8.57. The van der Waals surface area contributed by atoms with Gasteiger partial charge < -0.3 is 5.32 Å². The molecule has 2 aromatic carbocycles. The van der Waals surface area contributed by atoms with Gasteiger partial charge in [-0.15, -0.1) is 0 Å². The summed E-state index contributed by atoms with van der Waals surface area (Å²) in [7, 11) is -3.38. The zero-order valence-electron chi connectivity index (χ0n) is 14.4. The minimum atomic E-state index is -3.38. The Morgan fingerprint density at radius 3 is 1.88 bits per heavy atom. The van der Waals surface area contributed by atoms with Crippen molar-refractivity contribution in [1.29, 1.82) is 0 Å². The molecule has 0 amide bonds. The predicted octanol–water partition coefficient (Wildman–Crippen LogP) is 3.88. The molecule has 3 rings (SSSR count). The van der Waals surface area contributed by atoms with Crippen molar-refractivity contribution in [3.63, 3.8) is 0 Å². The fraction of sp³-hybridized carbons (Fsp3) is 0.400. The molecule has 0 radical (unpaired) electrons. The van der Waals surface area contributed by atoms with Gasteiger partial charge in [-0.25, -0.2) is 13.1 Å². The fourth-order valence-corrected chi connectivity index (χ4v) is 4.51. The maximum absolute atomic E-state index is 12.3. The van der Waals surface area contributed by atoms with Gasteiger partial charge in [0, 0.05) is 18.8 Å². The van der Waals surface area contributed by atoms with Crippen molar-refractivity contribution in [2.24, 2.45) is 11.8 Å². The Balaban J connectivity index is 1.41. The SMILES string of the molecule is O=S(=O)(NCC1CCC(CNc2ccccc2)CC1)c1ccccc1. The molecule has 0 aliphatic heterocycles. The van der Waals surface area contributed by atoms with E-state index in [9.17, 15) is 8.42 Å². The molecular formula is C20H26N2O2S. The van der Waals surface area contributed by atoms with Gasteiger partial charge in [-0.05, 0) is 61.8 Å². The second kappa shape index (κ2) is 8.50. The first-order valence-corrected chi connectivity index (χ1v) is 10.5. The number of hydrogen-bond donors (Lipinski definition) is 2. The van der Waals surface area contributed by atoms with E-state index in [1.54, 1.807) is 24.3 Å². The molecule has 0 atom stereocenters. The number of rotatable bonds is 7. The lowest BCUT2D eigenvalue weighted by Gasteiger charge is -2.29. The maximum atomic E-state index is 12.3. The highest BCUT2D eigenvalue weighted by atomic mass is 32.2. The van der Waals surface area contributed by atoms with Crippen LogP contribution in [-0.4, -0.2) is 21.5 Å². The van der Waals surface area contributed by atoms with Gasteiger partial charge in [0.25, 0.3) is 0 Å². The van der Waals surface area contributed by atoms with Crippen LogP contribution in [0, 0.1) is 11.8 Å². The van der Waals surface area contributed by atoms with E-state index in [2.05, 4.69) is 22.2 Å². The van der Waals surface area contributed by atoms with Gasteiger partial charge in [0.05, 0.1) is 4.90 Å². The zero-order chi connectivity index (χ0) is 17.5. The molecular weight excluding hydrogens is 332 g/mol. The second-order valence-electron chi connectivity index (χ2n) is 6.80. The molecule has 2 N–H and O–H groups in total. The summed E-state index contributed by atoms with van der Waals surface area (Å²) in [5, 5.41) is 3.50. The molecule has 1 fully saturated rings. The van der Waals surface area contributed by atoms with Crippen molar-refractivity contribution in [3.05, 3.63) is 60.7 Å². The highest BCUT2D eigenvalue weighted by molar-refractivity contribution is 7.89. The minimum absolute atomic E-state index is 0.343. The van der Waals surface area contributed by atoms with E-state index in [1.807, 2.05) is 24.3 Å². The van der Waals surface area contributed by atoms with Crippen molar-refractivity contribution in [2.45, 2.75) is 30.6 Å². The van der Waals surface area contributed by atoms with E-state index in [4.69, 9.17) is 0 Å². The normalized spacial score (nSPS) is 21.0. The molecule has 0 saturated heterocycles. The quantitative estimate of drug-likeness (QED) is 0.789. The monoisotopic (exact) mass is 358 g/mol. The molecule has 1 aliphatic carbocycles. The fourth-order valence-electron chi connectivity index (χ4n) is 3.37. The van der Waals surface area contributed by atoms with Crippen LogP contribution in [0.25, 0.3) is 0 Å². The molecule has 0 aromatic heterocycles. The third-order valence-corrected chi connectivity index (χ3v) is 6.39. The van der Waals surface area contributed by atoms with Crippen LogP contribution in [-0.2, 0) is 10.0 Å². The summed E-state index contributed by atoms with van der Waals surface area (Å²) in [5.74, 6) is 1.11. The van der Waals surface area contributed by atoms with Crippen molar-refractivity contribution < 1.29 is 8.42 Å². The van der Waals surface area contributed by atoms with Gasteiger partial charge in [-0.3, -0.25) is 0 Å². The number of sulfonamides is 1. The molecule has 0 spiro atoms. The van der Waals surface area contributed by atoms with Gasteiger partial charge in [0.15, 0.2) is 0 Å². The summed E-state index contributed by atoms with van der Waals surface area (Å²) in [6.07, 6.45) is 4.46. The van der Waals surface area contributed by atoms with Crippen LogP contribution >= 0.6 is 0 Å². The Bertz CT molecular complexity index is 740. The van der Waals surface area contributed by atoms with Crippen molar-refractivity contribution in [2.75, 3.05) is 18.4 Å². The van der Waals surface area contributed by atoms with Crippen LogP contribution in [0.1, 0.15) is 25.7 Å². The van der Waals surface area contributed by atoms with E-state index in [0.29, 0.717) is 23.3 Å². The van der Waals surface area contributed by atoms with E-state index in [-0.39, 0.29) is 0 Å². The van der Waals surface area contributed by atoms with E-state index >= 15 is 0 Å². The number of benzene rings is 2. The summed E-state index contributed by atoms with van der Waals surface area (Å²) >= 11 is 0. The maximum Gasteiger partial charge on any atom is 0.240 e. The molecule has 1 aliphatic rings. The summed E-state index contributed by atoms with van der Waals surface area (Å²) in [4.78, 5) is 0.343. The van der Waals surface area contributed by atoms with Crippen LogP contribution in [0.2, 0.25) is 0 Å². The highest BCUT2D eigenvalue weighted by Gasteiger charge is 2.23. The lowest BCUT2D eigenvalue weighted by Crippen LogP contribution is -2.32. The van der Waals surface area contributed by atoms with Crippen molar-refractivity contribution >= 4 is 15.7 Å². The van der Waals surface area contributed by atoms with Crippen LogP contribution in [0.3, 0.4) is 0 Å². The summed E-state index contributed by atoms with van der Waals surface area (Å²) in [5.41, 5.74) is 1.17. The average molecular weight is 359 g/mol. The molecule has 2 aromatic rings. The molecule has 4 nitrogen and oxygen atoms in total. The highest BCUT2D eigenvalue weighted by Crippen LogP contribution is 2.29.